The summed E-state index contributed by atoms with van der Waals surface area (Å²) in [6.07, 6.45) is 0. The van der Waals surface area contributed by atoms with Crippen LogP contribution < -0.4 is 0 Å². The summed E-state index contributed by atoms with van der Waals surface area (Å²) in [4.78, 5) is 12.7. The molecule has 0 amide bonds. The van der Waals surface area contributed by atoms with Gasteiger partial charge in [-0.25, -0.2) is 9.97 Å². The number of benzene rings is 8. The molecule has 8 aromatic carbocycles. The van der Waals surface area contributed by atoms with E-state index in [2.05, 4.69) is 191 Å². The molecule has 0 atom stereocenters. The van der Waals surface area contributed by atoms with Crippen molar-refractivity contribution in [2.24, 2.45) is 0 Å². The third-order valence-corrected chi connectivity index (χ3v) is 12.3. The summed E-state index contributed by atoms with van der Waals surface area (Å²) in [5.41, 5.74) is 13.5. The largest absolute Gasteiger partial charge is 0.309 e. The van der Waals surface area contributed by atoms with E-state index in [-0.39, 0.29) is 0 Å². The fraction of sp³-hybridized carbons (Fsp3) is 0. The SMILES string of the molecule is c1ccc(-n2c3ccccc3c3ccc(-c4ccc5c6ccccc6n(-c6ccc(-c7nc8c9c(cccc9n7)Sc7ccccc7-8)cc6)c5c4)cc32)cc1. The van der Waals surface area contributed by atoms with Crippen molar-refractivity contribution < 1.29 is 0 Å². The standard InChI is InChI=1S/C50H30N4S/c1-2-11-34(12-3-1)53-42-17-7-4-13-36(42)38-27-23-32(29-44(38)53)33-24-28-39-37-14-5-8-18-43(37)54(45(39)30-33)35-25-21-31(22-26-35)50-51-41-16-10-20-47-48(41)49(52-50)40-15-6-9-19-46(40)55-47/h1-30H. The highest BCUT2D eigenvalue weighted by Crippen LogP contribution is 2.47. The topological polar surface area (TPSA) is 35.6 Å². The average Bonchev–Trinajstić information content (AvgIpc) is 3.76. The second-order valence-electron chi connectivity index (χ2n) is 14.2. The first kappa shape index (κ1) is 30.5. The third-order valence-electron chi connectivity index (χ3n) is 11.1. The first-order valence-electron chi connectivity index (χ1n) is 18.6. The maximum atomic E-state index is 5.21. The molecule has 0 bridgehead atoms. The van der Waals surface area contributed by atoms with E-state index < -0.39 is 0 Å². The summed E-state index contributed by atoms with van der Waals surface area (Å²) >= 11 is 1.80. The van der Waals surface area contributed by atoms with Crippen molar-refractivity contribution in [1.82, 2.24) is 19.1 Å². The second kappa shape index (κ2) is 11.8. The van der Waals surface area contributed by atoms with Gasteiger partial charge in [-0.05, 0) is 90.0 Å². The van der Waals surface area contributed by atoms with Crippen molar-refractivity contribution in [3.8, 4) is 45.1 Å². The molecule has 4 nitrogen and oxygen atoms in total. The van der Waals surface area contributed by atoms with Gasteiger partial charge >= 0.3 is 0 Å². The Morgan fingerprint density at radius 1 is 0.382 bits per heavy atom. The van der Waals surface area contributed by atoms with Gasteiger partial charge in [0.2, 0.25) is 0 Å². The summed E-state index contributed by atoms with van der Waals surface area (Å²) in [7, 11) is 0. The van der Waals surface area contributed by atoms with Crippen molar-refractivity contribution >= 4 is 66.3 Å². The second-order valence-corrected chi connectivity index (χ2v) is 15.3. The zero-order chi connectivity index (χ0) is 36.0. The predicted octanol–water partition coefficient (Wildman–Crippen LogP) is 13.3. The third kappa shape index (κ3) is 4.60. The Balaban J connectivity index is 1.00. The molecule has 0 fully saturated rings. The van der Waals surface area contributed by atoms with E-state index in [4.69, 9.17) is 9.97 Å². The lowest BCUT2D eigenvalue weighted by Gasteiger charge is -2.19. The lowest BCUT2D eigenvalue weighted by atomic mass is 10.0. The Hall–Kier alpha value is -6.95. The van der Waals surface area contributed by atoms with Gasteiger partial charge in [-0.3, -0.25) is 0 Å². The van der Waals surface area contributed by atoms with Crippen molar-refractivity contribution in [2.45, 2.75) is 9.79 Å². The van der Waals surface area contributed by atoms with Gasteiger partial charge in [-0.2, -0.15) is 0 Å². The highest BCUT2D eigenvalue weighted by atomic mass is 32.2. The van der Waals surface area contributed by atoms with Crippen LogP contribution in [0.3, 0.4) is 0 Å². The summed E-state index contributed by atoms with van der Waals surface area (Å²) in [5.74, 6) is 0.737. The molecule has 0 spiro atoms. The normalized spacial score (nSPS) is 12.3. The van der Waals surface area contributed by atoms with Crippen LogP contribution in [-0.2, 0) is 0 Å². The van der Waals surface area contributed by atoms with E-state index in [0.717, 1.165) is 39.4 Å². The Labute approximate surface area is 321 Å². The zero-order valence-electron chi connectivity index (χ0n) is 29.5. The van der Waals surface area contributed by atoms with E-state index in [1.807, 2.05) is 0 Å². The highest BCUT2D eigenvalue weighted by molar-refractivity contribution is 7.99. The summed E-state index contributed by atoms with van der Waals surface area (Å²) < 4.78 is 4.78. The molecule has 256 valence electrons. The molecule has 4 heterocycles. The minimum absolute atomic E-state index is 0.737. The fourth-order valence-corrected chi connectivity index (χ4v) is 9.73. The predicted molar refractivity (Wildman–Crippen MR) is 229 cm³/mol. The van der Waals surface area contributed by atoms with Crippen LogP contribution in [0.15, 0.2) is 192 Å². The van der Waals surface area contributed by atoms with Crippen LogP contribution in [0.25, 0.3) is 99.7 Å². The zero-order valence-corrected chi connectivity index (χ0v) is 30.3. The number of aromatic nitrogens is 4. The number of hydrogen-bond acceptors (Lipinski definition) is 3. The van der Waals surface area contributed by atoms with Gasteiger partial charge in [-0.15, -0.1) is 0 Å². The van der Waals surface area contributed by atoms with Gasteiger partial charge in [0.15, 0.2) is 5.82 Å². The van der Waals surface area contributed by atoms with Crippen LogP contribution in [0.1, 0.15) is 0 Å². The quantitative estimate of drug-likeness (QED) is 0.182. The van der Waals surface area contributed by atoms with Crippen molar-refractivity contribution in [3.63, 3.8) is 0 Å². The lowest BCUT2D eigenvalue weighted by Crippen LogP contribution is -2.00. The summed E-state index contributed by atoms with van der Waals surface area (Å²) in [6.45, 7) is 0. The summed E-state index contributed by atoms with van der Waals surface area (Å²) in [5, 5.41) is 6.10. The van der Waals surface area contributed by atoms with E-state index in [9.17, 15) is 0 Å². The smallest absolute Gasteiger partial charge is 0.160 e. The van der Waals surface area contributed by atoms with Crippen LogP contribution in [0.2, 0.25) is 0 Å². The van der Waals surface area contributed by atoms with Gasteiger partial charge in [0.25, 0.3) is 0 Å². The Morgan fingerprint density at radius 2 is 0.927 bits per heavy atom. The Bertz CT molecular complexity index is 3340. The first-order valence-corrected chi connectivity index (χ1v) is 19.4. The van der Waals surface area contributed by atoms with Crippen LogP contribution in [0, 0.1) is 0 Å². The molecular weight excluding hydrogens is 689 g/mol. The van der Waals surface area contributed by atoms with E-state index in [1.54, 1.807) is 11.8 Å². The Morgan fingerprint density at radius 3 is 1.62 bits per heavy atom. The minimum Gasteiger partial charge on any atom is -0.309 e. The van der Waals surface area contributed by atoms with E-state index in [0.29, 0.717) is 0 Å². The molecule has 5 heteroatoms. The Kier molecular flexibility index (Phi) is 6.53. The van der Waals surface area contributed by atoms with Crippen molar-refractivity contribution in [2.75, 3.05) is 0 Å². The molecule has 1 aliphatic heterocycles. The first-order chi connectivity index (χ1) is 27.3. The minimum atomic E-state index is 0.737. The number of hydrogen-bond donors (Lipinski definition) is 0. The molecule has 0 radical (unpaired) electrons. The number of fused-ring (bicyclic) bond motifs is 8. The number of nitrogens with zero attached hydrogens (tertiary/aromatic N) is 4. The molecule has 0 saturated heterocycles. The van der Waals surface area contributed by atoms with Crippen LogP contribution in [0.5, 0.6) is 0 Å². The van der Waals surface area contributed by atoms with Crippen LogP contribution in [0.4, 0.5) is 0 Å². The van der Waals surface area contributed by atoms with Gasteiger partial charge in [-0.1, -0.05) is 115 Å². The van der Waals surface area contributed by atoms with Crippen LogP contribution in [-0.4, -0.2) is 19.1 Å². The molecule has 12 rings (SSSR count). The molecule has 1 aliphatic rings. The maximum absolute atomic E-state index is 5.21. The van der Waals surface area contributed by atoms with Crippen molar-refractivity contribution in [3.05, 3.63) is 182 Å². The monoisotopic (exact) mass is 718 g/mol. The van der Waals surface area contributed by atoms with Crippen molar-refractivity contribution in [1.29, 1.82) is 0 Å². The van der Waals surface area contributed by atoms with Crippen LogP contribution >= 0.6 is 11.8 Å². The van der Waals surface area contributed by atoms with Gasteiger partial charge in [0.1, 0.15) is 0 Å². The molecule has 11 aromatic rings. The van der Waals surface area contributed by atoms with Gasteiger partial charge < -0.3 is 9.13 Å². The highest BCUT2D eigenvalue weighted by Gasteiger charge is 2.22. The van der Waals surface area contributed by atoms with E-state index in [1.165, 1.54) is 70.1 Å². The molecular formula is C50H30N4S. The summed E-state index contributed by atoms with van der Waals surface area (Å²) in [6, 6.07) is 65.5. The average molecular weight is 719 g/mol. The molecule has 0 N–H and O–H groups in total. The number of para-hydroxylation sites is 3. The molecule has 55 heavy (non-hydrogen) atoms. The van der Waals surface area contributed by atoms with Gasteiger partial charge in [0, 0.05) is 59.2 Å². The number of rotatable bonds is 4. The maximum Gasteiger partial charge on any atom is 0.160 e. The molecule has 0 saturated carbocycles. The molecule has 0 unspecified atom stereocenters. The molecule has 3 aromatic heterocycles. The molecule has 0 aliphatic carbocycles. The van der Waals surface area contributed by atoms with E-state index >= 15 is 0 Å². The fourth-order valence-electron chi connectivity index (χ4n) is 8.62. The lowest BCUT2D eigenvalue weighted by molar-refractivity contribution is 1.17. The van der Waals surface area contributed by atoms with Gasteiger partial charge in [0.05, 0.1) is 33.3 Å².